The SMILES string of the molecule is CC(=O)c1cccc(NC(=O)c2cncc(Nc3cc(C)ccc3C)c2)c1. The van der Waals surface area contributed by atoms with Crippen LogP contribution in [0.3, 0.4) is 0 Å². The number of pyridine rings is 1. The number of benzene rings is 2. The van der Waals surface area contributed by atoms with Crippen molar-refractivity contribution in [2.24, 2.45) is 0 Å². The van der Waals surface area contributed by atoms with Crippen LogP contribution in [0, 0.1) is 13.8 Å². The molecule has 2 N–H and O–H groups in total. The van der Waals surface area contributed by atoms with Gasteiger partial charge in [0.2, 0.25) is 0 Å². The smallest absolute Gasteiger partial charge is 0.257 e. The van der Waals surface area contributed by atoms with Crippen molar-refractivity contribution in [1.82, 2.24) is 4.98 Å². The fraction of sp³-hybridized carbons (Fsp3) is 0.136. The summed E-state index contributed by atoms with van der Waals surface area (Å²) in [6.07, 6.45) is 3.19. The lowest BCUT2D eigenvalue weighted by molar-refractivity contribution is 0.101. The monoisotopic (exact) mass is 359 g/mol. The molecule has 0 aliphatic heterocycles. The standard InChI is InChI=1S/C22H21N3O2/c1-14-7-8-15(2)21(9-14)24-20-11-18(12-23-13-20)22(27)25-19-6-4-5-17(10-19)16(3)26/h4-13,24H,1-3H3,(H,25,27). The molecule has 0 aliphatic carbocycles. The Morgan fingerprint density at radius 3 is 2.44 bits per heavy atom. The van der Waals surface area contributed by atoms with Crippen LogP contribution in [-0.2, 0) is 0 Å². The Balaban J connectivity index is 1.78. The van der Waals surface area contributed by atoms with E-state index in [1.165, 1.54) is 13.1 Å². The predicted molar refractivity (Wildman–Crippen MR) is 108 cm³/mol. The van der Waals surface area contributed by atoms with Crippen LogP contribution in [0.4, 0.5) is 17.1 Å². The van der Waals surface area contributed by atoms with E-state index in [4.69, 9.17) is 0 Å². The van der Waals surface area contributed by atoms with Gasteiger partial charge in [-0.25, -0.2) is 0 Å². The average molecular weight is 359 g/mol. The molecule has 0 radical (unpaired) electrons. The van der Waals surface area contributed by atoms with Gasteiger partial charge in [-0.1, -0.05) is 24.3 Å². The minimum atomic E-state index is -0.284. The van der Waals surface area contributed by atoms with Crippen molar-refractivity contribution in [2.75, 3.05) is 10.6 Å². The molecule has 5 heteroatoms. The zero-order valence-electron chi connectivity index (χ0n) is 15.5. The summed E-state index contributed by atoms with van der Waals surface area (Å²) in [5.41, 5.74) is 5.51. The van der Waals surface area contributed by atoms with Crippen LogP contribution in [0.1, 0.15) is 38.8 Å². The van der Waals surface area contributed by atoms with E-state index in [1.807, 2.05) is 19.9 Å². The second kappa shape index (κ2) is 7.83. The highest BCUT2D eigenvalue weighted by molar-refractivity contribution is 6.05. The third-order valence-electron chi connectivity index (χ3n) is 4.20. The number of hydrogen-bond donors (Lipinski definition) is 2. The Labute approximate surface area is 158 Å². The number of nitrogens with zero attached hydrogens (tertiary/aromatic N) is 1. The van der Waals surface area contributed by atoms with Gasteiger partial charge in [-0.2, -0.15) is 0 Å². The van der Waals surface area contributed by atoms with Gasteiger partial charge in [0.05, 0.1) is 17.4 Å². The third-order valence-corrected chi connectivity index (χ3v) is 4.20. The molecule has 3 rings (SSSR count). The molecule has 2 aromatic carbocycles. The fourth-order valence-corrected chi connectivity index (χ4v) is 2.68. The fourth-order valence-electron chi connectivity index (χ4n) is 2.68. The summed E-state index contributed by atoms with van der Waals surface area (Å²) in [7, 11) is 0. The van der Waals surface area contributed by atoms with Crippen LogP contribution in [-0.4, -0.2) is 16.7 Å². The van der Waals surface area contributed by atoms with E-state index in [0.717, 1.165) is 22.5 Å². The van der Waals surface area contributed by atoms with E-state index in [2.05, 4.69) is 27.8 Å². The van der Waals surface area contributed by atoms with Crippen molar-refractivity contribution in [3.8, 4) is 0 Å². The maximum absolute atomic E-state index is 12.6. The largest absolute Gasteiger partial charge is 0.354 e. The number of aromatic nitrogens is 1. The van der Waals surface area contributed by atoms with Crippen LogP contribution < -0.4 is 10.6 Å². The van der Waals surface area contributed by atoms with Crippen molar-refractivity contribution in [1.29, 1.82) is 0 Å². The number of rotatable bonds is 5. The number of hydrogen-bond acceptors (Lipinski definition) is 4. The first kappa shape index (κ1) is 18.3. The van der Waals surface area contributed by atoms with Gasteiger partial charge in [0, 0.05) is 23.1 Å². The number of carbonyl (C=O) groups excluding carboxylic acids is 2. The molecule has 5 nitrogen and oxygen atoms in total. The molecule has 1 aromatic heterocycles. The summed E-state index contributed by atoms with van der Waals surface area (Å²) in [4.78, 5) is 28.2. The van der Waals surface area contributed by atoms with Crippen molar-refractivity contribution in [2.45, 2.75) is 20.8 Å². The predicted octanol–water partition coefficient (Wildman–Crippen LogP) is 4.90. The lowest BCUT2D eigenvalue weighted by Gasteiger charge is -2.11. The Kier molecular flexibility index (Phi) is 5.31. The molecule has 136 valence electrons. The van der Waals surface area contributed by atoms with Crippen molar-refractivity contribution in [3.63, 3.8) is 0 Å². The van der Waals surface area contributed by atoms with Gasteiger partial charge in [0.15, 0.2) is 5.78 Å². The molecule has 0 fully saturated rings. The van der Waals surface area contributed by atoms with Gasteiger partial charge < -0.3 is 10.6 Å². The highest BCUT2D eigenvalue weighted by Gasteiger charge is 2.09. The Morgan fingerprint density at radius 1 is 0.889 bits per heavy atom. The van der Waals surface area contributed by atoms with Gasteiger partial charge in [0.25, 0.3) is 5.91 Å². The summed E-state index contributed by atoms with van der Waals surface area (Å²) in [6, 6.07) is 14.8. The zero-order chi connectivity index (χ0) is 19.4. The van der Waals surface area contributed by atoms with Gasteiger partial charge in [-0.3, -0.25) is 14.6 Å². The van der Waals surface area contributed by atoms with Crippen LogP contribution in [0.25, 0.3) is 0 Å². The van der Waals surface area contributed by atoms with Gasteiger partial charge >= 0.3 is 0 Å². The first-order valence-corrected chi connectivity index (χ1v) is 8.64. The lowest BCUT2D eigenvalue weighted by atomic mass is 10.1. The highest BCUT2D eigenvalue weighted by Crippen LogP contribution is 2.22. The molecular formula is C22H21N3O2. The van der Waals surface area contributed by atoms with Crippen LogP contribution in [0.2, 0.25) is 0 Å². The Morgan fingerprint density at radius 2 is 1.67 bits per heavy atom. The number of amides is 1. The van der Waals surface area contributed by atoms with Crippen LogP contribution in [0.15, 0.2) is 60.9 Å². The van der Waals surface area contributed by atoms with Crippen molar-refractivity contribution < 1.29 is 9.59 Å². The summed E-state index contributed by atoms with van der Waals surface area (Å²) in [5.74, 6) is -0.333. The number of ketones is 1. The third kappa shape index (κ3) is 4.58. The van der Waals surface area contributed by atoms with Crippen LogP contribution in [0.5, 0.6) is 0 Å². The minimum Gasteiger partial charge on any atom is -0.354 e. The molecule has 0 spiro atoms. The maximum atomic E-state index is 12.6. The summed E-state index contributed by atoms with van der Waals surface area (Å²) in [5, 5.41) is 6.12. The number of anilines is 3. The number of Topliss-reactive ketones (excluding diaryl/α,β-unsaturated/α-hetero) is 1. The highest BCUT2D eigenvalue weighted by atomic mass is 16.1. The Hall–Kier alpha value is -3.47. The average Bonchev–Trinajstić information content (AvgIpc) is 2.65. The van der Waals surface area contributed by atoms with Crippen molar-refractivity contribution >= 4 is 28.8 Å². The molecule has 0 atom stereocenters. The molecule has 0 unspecified atom stereocenters. The quantitative estimate of drug-likeness (QED) is 0.636. The first-order chi connectivity index (χ1) is 12.9. The number of nitrogens with one attached hydrogen (secondary N) is 2. The lowest BCUT2D eigenvalue weighted by Crippen LogP contribution is -2.13. The molecular weight excluding hydrogens is 338 g/mol. The summed E-state index contributed by atoms with van der Waals surface area (Å²) in [6.45, 7) is 5.54. The second-order valence-electron chi connectivity index (χ2n) is 6.50. The topological polar surface area (TPSA) is 71.1 Å². The van der Waals surface area contributed by atoms with Gasteiger partial charge in [-0.05, 0) is 56.2 Å². The van der Waals surface area contributed by atoms with E-state index in [0.29, 0.717) is 16.8 Å². The van der Waals surface area contributed by atoms with E-state index in [-0.39, 0.29) is 11.7 Å². The van der Waals surface area contributed by atoms with E-state index in [1.54, 1.807) is 36.5 Å². The molecule has 1 amide bonds. The minimum absolute atomic E-state index is 0.0486. The normalized spacial score (nSPS) is 10.3. The molecule has 0 aliphatic rings. The number of carbonyl (C=O) groups is 2. The van der Waals surface area contributed by atoms with Crippen molar-refractivity contribution in [3.05, 3.63) is 83.2 Å². The Bertz CT molecular complexity index is 1010. The molecule has 0 saturated heterocycles. The molecule has 1 heterocycles. The van der Waals surface area contributed by atoms with E-state index < -0.39 is 0 Å². The van der Waals surface area contributed by atoms with Gasteiger partial charge in [0.1, 0.15) is 0 Å². The molecule has 27 heavy (non-hydrogen) atoms. The molecule has 3 aromatic rings. The summed E-state index contributed by atoms with van der Waals surface area (Å²) < 4.78 is 0. The second-order valence-corrected chi connectivity index (χ2v) is 6.50. The number of aryl methyl sites for hydroxylation is 2. The molecule has 0 bridgehead atoms. The zero-order valence-corrected chi connectivity index (χ0v) is 15.5. The van der Waals surface area contributed by atoms with E-state index >= 15 is 0 Å². The first-order valence-electron chi connectivity index (χ1n) is 8.64. The van der Waals surface area contributed by atoms with E-state index in [9.17, 15) is 9.59 Å². The van der Waals surface area contributed by atoms with Gasteiger partial charge in [-0.15, -0.1) is 0 Å². The maximum Gasteiger partial charge on any atom is 0.257 e. The molecule has 0 saturated carbocycles. The summed E-state index contributed by atoms with van der Waals surface area (Å²) >= 11 is 0. The van der Waals surface area contributed by atoms with Crippen LogP contribution >= 0.6 is 0 Å².